The van der Waals surface area contributed by atoms with E-state index in [1.165, 1.54) is 21.7 Å². The summed E-state index contributed by atoms with van der Waals surface area (Å²) in [6.45, 7) is 0. The second kappa shape index (κ2) is 9.69. The average molecular weight is 405 g/mol. The minimum atomic E-state index is -0.117. The van der Waals surface area contributed by atoms with Gasteiger partial charge in [-0.3, -0.25) is 4.79 Å². The summed E-state index contributed by atoms with van der Waals surface area (Å²) >= 11 is 0. The molecule has 0 spiro atoms. The van der Waals surface area contributed by atoms with Crippen LogP contribution in [0, 0.1) is 0 Å². The number of methoxy groups -OCH3 is 1. The third-order valence-corrected chi connectivity index (χ3v) is 5.38. The molecule has 0 aromatic heterocycles. The van der Waals surface area contributed by atoms with Crippen LogP contribution in [0.5, 0.6) is 0 Å². The molecule has 0 heterocycles. The highest BCUT2D eigenvalue weighted by Gasteiger charge is 2.16. The van der Waals surface area contributed by atoms with Crippen LogP contribution in [0.4, 0.5) is 0 Å². The Morgan fingerprint density at radius 1 is 0.759 bits per heavy atom. The molecule has 0 radical (unpaired) electrons. The van der Waals surface area contributed by atoms with Crippen molar-refractivity contribution in [2.24, 2.45) is 0 Å². The highest BCUT2D eigenvalue weighted by molar-refractivity contribution is 5.91. The Bertz CT molecular complexity index is 1110. The van der Waals surface area contributed by atoms with E-state index in [0.29, 0.717) is 12.8 Å². The molecule has 29 heavy (non-hydrogen) atoms. The number of ketones is 1. The maximum atomic E-state index is 12.8. The van der Waals surface area contributed by atoms with Gasteiger partial charge in [-0.25, -0.2) is 0 Å². The first-order chi connectivity index (χ1) is 13.7. The Kier molecular flexibility index (Phi) is 7.03. The number of rotatable bonds is 7. The molecule has 0 saturated carbocycles. The molecule has 0 bridgehead atoms. The zero-order chi connectivity index (χ0) is 19.3. The van der Waals surface area contributed by atoms with E-state index in [1.807, 2.05) is 30.3 Å². The zero-order valence-corrected chi connectivity index (χ0v) is 17.3. The van der Waals surface area contributed by atoms with Gasteiger partial charge in [-0.1, -0.05) is 84.9 Å². The van der Waals surface area contributed by atoms with Crippen molar-refractivity contribution in [2.45, 2.75) is 25.4 Å². The van der Waals surface area contributed by atoms with Gasteiger partial charge in [0.15, 0.2) is 0 Å². The number of halogens is 1. The fraction of sp³-hybridized carbons (Fsp3) is 0.192. The third-order valence-electron chi connectivity index (χ3n) is 5.38. The van der Waals surface area contributed by atoms with Crippen molar-refractivity contribution < 1.29 is 9.53 Å². The van der Waals surface area contributed by atoms with Crippen molar-refractivity contribution >= 4 is 39.7 Å². The van der Waals surface area contributed by atoms with Crippen LogP contribution < -0.4 is 0 Å². The summed E-state index contributed by atoms with van der Waals surface area (Å²) in [6, 6.07) is 29.0. The van der Waals surface area contributed by atoms with Crippen LogP contribution in [0.25, 0.3) is 21.5 Å². The summed E-state index contributed by atoms with van der Waals surface area (Å²) in [5, 5.41) is 4.78. The van der Waals surface area contributed by atoms with Gasteiger partial charge in [0, 0.05) is 20.0 Å². The summed E-state index contributed by atoms with van der Waals surface area (Å²) < 4.78 is 5.68. The van der Waals surface area contributed by atoms with Crippen LogP contribution in [0.3, 0.4) is 0 Å². The number of hydrogen-bond donors (Lipinski definition) is 0. The van der Waals surface area contributed by atoms with Gasteiger partial charge in [0.1, 0.15) is 5.78 Å². The fourth-order valence-corrected chi connectivity index (χ4v) is 3.94. The summed E-state index contributed by atoms with van der Waals surface area (Å²) in [5.74, 6) is 0.212. The predicted octanol–water partition coefficient (Wildman–Crippen LogP) is 6.17. The summed E-state index contributed by atoms with van der Waals surface area (Å²) in [7, 11) is 1.70. The zero-order valence-electron chi connectivity index (χ0n) is 16.5. The number of benzene rings is 4. The van der Waals surface area contributed by atoms with E-state index in [9.17, 15) is 4.79 Å². The summed E-state index contributed by atoms with van der Waals surface area (Å²) in [6.07, 6.45) is 1.48. The minimum absolute atomic E-state index is 0. The van der Waals surface area contributed by atoms with Crippen molar-refractivity contribution in [2.75, 3.05) is 7.11 Å². The first-order valence-corrected chi connectivity index (χ1v) is 9.72. The molecule has 0 fully saturated rings. The number of hydrogen-bond acceptors (Lipinski definition) is 2. The van der Waals surface area contributed by atoms with E-state index < -0.39 is 0 Å². The first-order valence-electron chi connectivity index (χ1n) is 9.72. The lowest BCUT2D eigenvalue weighted by molar-refractivity contribution is -0.120. The smallest absolute Gasteiger partial charge is 0.139 e. The summed E-state index contributed by atoms with van der Waals surface area (Å²) in [5.41, 5.74) is 2.31. The number of ether oxygens (including phenoxy) is 1. The Morgan fingerprint density at radius 3 is 1.90 bits per heavy atom. The monoisotopic (exact) mass is 404 g/mol. The Balaban J connectivity index is 0.00000240. The number of carbonyl (C=O) groups is 1. The van der Waals surface area contributed by atoms with Gasteiger partial charge in [0.05, 0.1) is 6.10 Å². The molecule has 4 rings (SSSR count). The van der Waals surface area contributed by atoms with Gasteiger partial charge >= 0.3 is 0 Å². The average Bonchev–Trinajstić information content (AvgIpc) is 2.74. The van der Waals surface area contributed by atoms with Crippen LogP contribution in [0.15, 0.2) is 84.9 Å². The second-order valence-corrected chi connectivity index (χ2v) is 7.26. The van der Waals surface area contributed by atoms with E-state index in [-0.39, 0.29) is 24.3 Å². The van der Waals surface area contributed by atoms with Crippen LogP contribution in [0.1, 0.15) is 17.5 Å². The van der Waals surface area contributed by atoms with E-state index in [4.69, 9.17) is 4.74 Å². The molecule has 0 amide bonds. The van der Waals surface area contributed by atoms with Crippen LogP contribution in [0.2, 0.25) is 0 Å². The van der Waals surface area contributed by atoms with Crippen LogP contribution >= 0.6 is 12.4 Å². The van der Waals surface area contributed by atoms with Gasteiger partial charge < -0.3 is 4.74 Å². The molecule has 3 heteroatoms. The van der Waals surface area contributed by atoms with Gasteiger partial charge in [0.25, 0.3) is 0 Å². The maximum Gasteiger partial charge on any atom is 0.139 e. The van der Waals surface area contributed by atoms with E-state index in [2.05, 4.69) is 54.6 Å². The van der Waals surface area contributed by atoms with Gasteiger partial charge in [-0.2, -0.15) is 0 Å². The van der Waals surface area contributed by atoms with Crippen molar-refractivity contribution in [1.82, 2.24) is 0 Å². The minimum Gasteiger partial charge on any atom is -0.381 e. The van der Waals surface area contributed by atoms with Crippen LogP contribution in [-0.4, -0.2) is 19.0 Å². The van der Waals surface area contributed by atoms with Gasteiger partial charge in [0.2, 0.25) is 0 Å². The molecule has 4 aromatic carbocycles. The molecule has 148 valence electrons. The molecule has 0 aliphatic carbocycles. The molecular weight excluding hydrogens is 380 g/mol. The molecule has 1 unspecified atom stereocenters. The number of fused-ring (bicyclic) bond motifs is 2. The Labute approximate surface area is 177 Å². The molecule has 0 aliphatic rings. The Morgan fingerprint density at radius 2 is 1.28 bits per heavy atom. The topological polar surface area (TPSA) is 26.3 Å². The molecule has 1 atom stereocenters. The standard InChI is InChI=1S/C26H24O2.ClH/c1-28-24(17-22-13-7-11-20-9-3-5-15-26(20)22)18-23(27)16-21-12-6-10-19-8-2-4-14-25(19)21;/h2-15,24H,16-18H2,1H3;1H. The normalized spacial score (nSPS) is 11.9. The SMILES string of the molecule is COC(CC(=O)Cc1cccc2ccccc12)Cc1cccc2ccccc12.Cl. The molecule has 2 nitrogen and oxygen atoms in total. The first kappa shape index (κ1) is 21.0. The van der Waals surface area contributed by atoms with E-state index in [0.717, 1.165) is 17.4 Å². The van der Waals surface area contributed by atoms with E-state index >= 15 is 0 Å². The maximum absolute atomic E-state index is 12.8. The van der Waals surface area contributed by atoms with Crippen molar-refractivity contribution in [3.05, 3.63) is 96.1 Å². The highest BCUT2D eigenvalue weighted by atomic mass is 35.5. The predicted molar refractivity (Wildman–Crippen MR) is 123 cm³/mol. The van der Waals surface area contributed by atoms with Gasteiger partial charge in [-0.15, -0.1) is 12.4 Å². The quantitative estimate of drug-likeness (QED) is 0.368. The highest BCUT2D eigenvalue weighted by Crippen LogP contribution is 2.23. The molecular formula is C26H25ClO2. The molecule has 0 aliphatic heterocycles. The Hall–Kier alpha value is -2.68. The number of Topliss-reactive ketones (excluding diaryl/α,β-unsaturated/α-hetero) is 1. The largest absolute Gasteiger partial charge is 0.381 e. The van der Waals surface area contributed by atoms with E-state index in [1.54, 1.807) is 7.11 Å². The fourth-order valence-electron chi connectivity index (χ4n) is 3.94. The molecule has 0 N–H and O–H groups in total. The lowest BCUT2D eigenvalue weighted by Gasteiger charge is -2.16. The van der Waals surface area contributed by atoms with Crippen LogP contribution in [-0.2, 0) is 22.4 Å². The number of carbonyl (C=O) groups excluding carboxylic acids is 1. The van der Waals surface area contributed by atoms with Crippen molar-refractivity contribution in [1.29, 1.82) is 0 Å². The lowest BCUT2D eigenvalue weighted by Crippen LogP contribution is -2.20. The van der Waals surface area contributed by atoms with Gasteiger partial charge in [-0.05, 0) is 39.1 Å². The molecule has 0 saturated heterocycles. The summed E-state index contributed by atoms with van der Waals surface area (Å²) in [4.78, 5) is 12.8. The lowest BCUT2D eigenvalue weighted by atomic mass is 9.95. The molecule has 4 aromatic rings. The van der Waals surface area contributed by atoms with Crippen molar-refractivity contribution in [3.8, 4) is 0 Å². The third kappa shape index (κ3) is 4.84. The second-order valence-electron chi connectivity index (χ2n) is 7.26. The van der Waals surface area contributed by atoms with Crippen molar-refractivity contribution in [3.63, 3.8) is 0 Å².